The van der Waals surface area contributed by atoms with E-state index < -0.39 is 29.4 Å². The number of nitrogens with zero attached hydrogens (tertiary/aromatic N) is 1. The van der Waals surface area contributed by atoms with Crippen molar-refractivity contribution in [1.29, 1.82) is 0 Å². The van der Waals surface area contributed by atoms with Gasteiger partial charge in [-0.2, -0.15) is 0 Å². The topological polar surface area (TPSA) is 66.8 Å². The molecule has 1 saturated carbocycles. The van der Waals surface area contributed by atoms with E-state index in [4.69, 9.17) is 0 Å². The number of hydrogen-bond donors (Lipinski definition) is 1. The maximum absolute atomic E-state index is 13.8. The summed E-state index contributed by atoms with van der Waals surface area (Å²) in [4.78, 5) is 24.4. The Bertz CT molecular complexity index is 676. The number of carboxylic acid groups (broad SMARTS) is 1. The zero-order valence-electron chi connectivity index (χ0n) is 14.0. The molecule has 1 aromatic carbocycles. The van der Waals surface area contributed by atoms with Gasteiger partial charge in [-0.1, -0.05) is 12.1 Å². The average molecular weight is 353 g/mol. The summed E-state index contributed by atoms with van der Waals surface area (Å²) in [6.07, 6.45) is -0.0951. The van der Waals surface area contributed by atoms with Crippen LogP contribution in [0.3, 0.4) is 0 Å². The first-order chi connectivity index (χ1) is 11.8. The van der Waals surface area contributed by atoms with Crippen molar-refractivity contribution in [3.63, 3.8) is 0 Å². The summed E-state index contributed by atoms with van der Waals surface area (Å²) in [5.41, 5.74) is 0.566. The van der Waals surface area contributed by atoms with E-state index in [-0.39, 0.29) is 19.4 Å². The number of hydrogen-bond acceptors (Lipinski definition) is 3. The second-order valence-electron chi connectivity index (χ2n) is 7.09. The summed E-state index contributed by atoms with van der Waals surface area (Å²) in [5, 5.41) is 9.49. The number of rotatable bonds is 2. The first kappa shape index (κ1) is 17.6. The Labute approximate surface area is 144 Å². The standard InChI is InChI=1S/C18H21F2NO4/c1-25-15(22)13-4-2-12(3-5-13)14-10-17(6-7-18(19,20)11-17)8-9-21(14)16(23)24/h2-5,14H,6-11H2,1H3,(H,23,24)/t14-,17-/m0/s1. The minimum absolute atomic E-state index is 0.131. The van der Waals surface area contributed by atoms with Gasteiger partial charge in [-0.25, -0.2) is 18.4 Å². The molecule has 5 nitrogen and oxygen atoms in total. The third-order valence-electron chi connectivity index (χ3n) is 5.50. The molecule has 136 valence electrons. The molecular weight excluding hydrogens is 332 g/mol. The smallest absolute Gasteiger partial charge is 0.407 e. The molecular formula is C18H21F2NO4. The Morgan fingerprint density at radius 2 is 1.88 bits per heavy atom. The molecule has 1 saturated heterocycles. The molecule has 3 rings (SSSR count). The van der Waals surface area contributed by atoms with Crippen molar-refractivity contribution >= 4 is 12.1 Å². The summed E-state index contributed by atoms with van der Waals surface area (Å²) in [6, 6.07) is 6.03. The molecule has 0 unspecified atom stereocenters. The van der Waals surface area contributed by atoms with Crippen molar-refractivity contribution in [3.8, 4) is 0 Å². The van der Waals surface area contributed by atoms with Crippen LogP contribution in [0.25, 0.3) is 0 Å². The average Bonchev–Trinajstić information content (AvgIpc) is 2.88. The summed E-state index contributed by atoms with van der Waals surface area (Å²) in [6.45, 7) is 0.245. The van der Waals surface area contributed by atoms with Crippen LogP contribution in [-0.2, 0) is 4.74 Å². The molecule has 0 radical (unpaired) electrons. The van der Waals surface area contributed by atoms with Crippen LogP contribution in [0.15, 0.2) is 24.3 Å². The number of amides is 1. The minimum Gasteiger partial charge on any atom is -0.465 e. The minimum atomic E-state index is -2.66. The highest BCUT2D eigenvalue weighted by Crippen LogP contribution is 2.56. The SMILES string of the molecule is COC(=O)c1ccc([C@@H]2C[C@@]3(CCN2C(=O)O)CCC(F)(F)C3)cc1. The van der Waals surface area contributed by atoms with Crippen LogP contribution in [0.4, 0.5) is 13.6 Å². The lowest BCUT2D eigenvalue weighted by molar-refractivity contribution is -0.0196. The Morgan fingerprint density at radius 1 is 1.20 bits per heavy atom. The van der Waals surface area contributed by atoms with Crippen LogP contribution in [0.2, 0.25) is 0 Å². The van der Waals surface area contributed by atoms with Gasteiger partial charge in [0, 0.05) is 19.4 Å². The van der Waals surface area contributed by atoms with Crippen molar-refractivity contribution in [1.82, 2.24) is 4.90 Å². The van der Waals surface area contributed by atoms with Crippen LogP contribution in [0.5, 0.6) is 0 Å². The zero-order chi connectivity index (χ0) is 18.2. The summed E-state index contributed by atoms with van der Waals surface area (Å²) < 4.78 is 32.2. The number of likely N-dealkylation sites (tertiary alicyclic amines) is 1. The molecule has 0 bridgehead atoms. The van der Waals surface area contributed by atoms with Crippen LogP contribution in [0.1, 0.15) is 54.1 Å². The summed E-state index contributed by atoms with van der Waals surface area (Å²) in [5.74, 6) is -3.14. The number of methoxy groups -OCH3 is 1. The first-order valence-corrected chi connectivity index (χ1v) is 8.31. The van der Waals surface area contributed by atoms with Crippen LogP contribution >= 0.6 is 0 Å². The van der Waals surface area contributed by atoms with E-state index in [2.05, 4.69) is 4.74 Å². The maximum atomic E-state index is 13.8. The molecule has 1 spiro atoms. The molecule has 2 fully saturated rings. The molecule has 0 aromatic heterocycles. The summed E-state index contributed by atoms with van der Waals surface area (Å²) in [7, 11) is 1.29. The van der Waals surface area contributed by atoms with Crippen LogP contribution < -0.4 is 0 Å². The van der Waals surface area contributed by atoms with Gasteiger partial charge in [-0.15, -0.1) is 0 Å². The van der Waals surface area contributed by atoms with Crippen LogP contribution in [0, 0.1) is 5.41 Å². The molecule has 1 amide bonds. The van der Waals surface area contributed by atoms with E-state index in [1.165, 1.54) is 12.0 Å². The van der Waals surface area contributed by atoms with E-state index in [9.17, 15) is 23.5 Å². The number of halogens is 2. The number of carbonyl (C=O) groups is 2. The Balaban J connectivity index is 1.87. The quantitative estimate of drug-likeness (QED) is 0.813. The number of alkyl halides is 2. The predicted octanol–water partition coefficient (Wildman–Crippen LogP) is 4.09. The van der Waals surface area contributed by atoms with Crippen molar-refractivity contribution < 1.29 is 28.2 Å². The molecule has 1 heterocycles. The number of benzene rings is 1. The molecule has 1 aromatic rings. The van der Waals surface area contributed by atoms with Gasteiger partial charge in [-0.3, -0.25) is 0 Å². The number of ether oxygens (including phenoxy) is 1. The van der Waals surface area contributed by atoms with Gasteiger partial charge in [0.1, 0.15) is 0 Å². The maximum Gasteiger partial charge on any atom is 0.407 e. The normalized spacial score (nSPS) is 28.1. The monoisotopic (exact) mass is 353 g/mol. The first-order valence-electron chi connectivity index (χ1n) is 8.31. The van der Waals surface area contributed by atoms with Gasteiger partial charge in [0.25, 0.3) is 0 Å². The van der Waals surface area contributed by atoms with Crippen molar-refractivity contribution in [3.05, 3.63) is 35.4 Å². The molecule has 1 aliphatic carbocycles. The Morgan fingerprint density at radius 3 is 2.40 bits per heavy atom. The molecule has 2 atom stereocenters. The summed E-state index contributed by atoms with van der Waals surface area (Å²) >= 11 is 0. The van der Waals surface area contributed by atoms with Crippen molar-refractivity contribution in [2.45, 2.75) is 44.1 Å². The molecule has 1 N–H and O–H groups in total. The van der Waals surface area contributed by atoms with Gasteiger partial charge in [-0.05, 0) is 42.4 Å². The second-order valence-corrected chi connectivity index (χ2v) is 7.09. The van der Waals surface area contributed by atoms with E-state index in [0.717, 1.165) is 0 Å². The number of piperidine rings is 1. The van der Waals surface area contributed by atoms with Crippen LogP contribution in [-0.4, -0.2) is 41.6 Å². The lowest BCUT2D eigenvalue weighted by atomic mass is 9.72. The molecule has 25 heavy (non-hydrogen) atoms. The molecule has 1 aliphatic heterocycles. The van der Waals surface area contributed by atoms with Gasteiger partial charge < -0.3 is 14.7 Å². The van der Waals surface area contributed by atoms with E-state index in [1.807, 2.05) is 0 Å². The highest BCUT2D eigenvalue weighted by atomic mass is 19.3. The fourth-order valence-electron chi connectivity index (χ4n) is 4.18. The van der Waals surface area contributed by atoms with Gasteiger partial charge in [0.05, 0.1) is 18.7 Å². The highest BCUT2D eigenvalue weighted by Gasteiger charge is 2.52. The third-order valence-corrected chi connectivity index (χ3v) is 5.50. The third kappa shape index (κ3) is 3.45. The van der Waals surface area contributed by atoms with Gasteiger partial charge in [0.2, 0.25) is 5.92 Å². The van der Waals surface area contributed by atoms with E-state index in [0.29, 0.717) is 30.4 Å². The molecule has 2 aliphatic rings. The second kappa shape index (κ2) is 6.28. The Hall–Kier alpha value is -2.18. The van der Waals surface area contributed by atoms with Gasteiger partial charge in [0.15, 0.2) is 0 Å². The Kier molecular flexibility index (Phi) is 4.43. The fourth-order valence-corrected chi connectivity index (χ4v) is 4.18. The zero-order valence-corrected chi connectivity index (χ0v) is 14.0. The van der Waals surface area contributed by atoms with E-state index >= 15 is 0 Å². The van der Waals surface area contributed by atoms with Crippen molar-refractivity contribution in [2.75, 3.05) is 13.7 Å². The number of carbonyl (C=O) groups excluding carboxylic acids is 1. The highest BCUT2D eigenvalue weighted by molar-refractivity contribution is 5.89. The number of esters is 1. The predicted molar refractivity (Wildman–Crippen MR) is 85.7 cm³/mol. The van der Waals surface area contributed by atoms with Crippen molar-refractivity contribution in [2.24, 2.45) is 5.41 Å². The van der Waals surface area contributed by atoms with Gasteiger partial charge >= 0.3 is 12.1 Å². The molecule has 7 heteroatoms. The largest absolute Gasteiger partial charge is 0.465 e. The van der Waals surface area contributed by atoms with E-state index in [1.54, 1.807) is 24.3 Å². The fraction of sp³-hybridized carbons (Fsp3) is 0.556. The lowest BCUT2D eigenvalue weighted by Crippen LogP contribution is -2.44. The lowest BCUT2D eigenvalue weighted by Gasteiger charge is -2.44.